The van der Waals surface area contributed by atoms with Crippen LogP contribution in [0, 0.1) is 0 Å². The molecule has 0 aliphatic rings. The predicted octanol–water partition coefficient (Wildman–Crippen LogP) is 4.11. The van der Waals surface area contributed by atoms with Crippen LogP contribution in [0.3, 0.4) is 0 Å². The Morgan fingerprint density at radius 1 is 1.19 bits per heavy atom. The number of hydrogen-bond acceptors (Lipinski definition) is 5. The molecule has 0 spiro atoms. The Labute approximate surface area is 152 Å². The van der Waals surface area contributed by atoms with Gasteiger partial charge in [-0.3, -0.25) is 10.1 Å². The number of benzene rings is 2. The van der Waals surface area contributed by atoms with E-state index >= 15 is 0 Å². The van der Waals surface area contributed by atoms with Crippen molar-refractivity contribution in [1.82, 2.24) is 4.98 Å². The molecule has 26 heavy (non-hydrogen) atoms. The van der Waals surface area contributed by atoms with Crippen LogP contribution >= 0.6 is 11.3 Å². The highest BCUT2D eigenvalue weighted by atomic mass is 32.2. The number of carbonyl (C=O) groups excluding carboxylic acids is 1. The van der Waals surface area contributed by atoms with E-state index in [-0.39, 0.29) is 5.56 Å². The van der Waals surface area contributed by atoms with Gasteiger partial charge in [-0.1, -0.05) is 24.3 Å². The van der Waals surface area contributed by atoms with Gasteiger partial charge in [-0.05, 0) is 48.4 Å². The fourth-order valence-electron chi connectivity index (χ4n) is 2.31. The molecular formula is C17H14F2N2O3S2. The maximum Gasteiger partial charge on any atom is 0.341 e. The summed E-state index contributed by atoms with van der Waals surface area (Å²) in [7, 11) is -4.68. The number of thiazole rings is 1. The largest absolute Gasteiger partial charge is 0.341 e. The van der Waals surface area contributed by atoms with Crippen molar-refractivity contribution in [2.45, 2.75) is 24.0 Å². The number of alkyl halides is 2. The van der Waals surface area contributed by atoms with Crippen LogP contribution in [0.1, 0.15) is 22.8 Å². The number of carbonyl (C=O) groups is 1. The van der Waals surface area contributed by atoms with Gasteiger partial charge in [0.2, 0.25) is 9.84 Å². The van der Waals surface area contributed by atoms with Gasteiger partial charge in [0.05, 0.1) is 15.1 Å². The number of nitrogens with zero attached hydrogens (tertiary/aromatic N) is 1. The van der Waals surface area contributed by atoms with E-state index in [2.05, 4.69) is 10.3 Å². The van der Waals surface area contributed by atoms with E-state index in [0.717, 1.165) is 34.3 Å². The number of rotatable bonds is 5. The van der Waals surface area contributed by atoms with E-state index < -0.39 is 26.4 Å². The summed E-state index contributed by atoms with van der Waals surface area (Å²) in [6, 6.07) is 10.2. The van der Waals surface area contributed by atoms with Crippen molar-refractivity contribution in [2.24, 2.45) is 0 Å². The number of halogens is 2. The van der Waals surface area contributed by atoms with Crippen LogP contribution in [-0.4, -0.2) is 25.1 Å². The van der Waals surface area contributed by atoms with E-state index in [9.17, 15) is 22.0 Å². The first-order valence-corrected chi connectivity index (χ1v) is 10.0. The Morgan fingerprint density at radius 2 is 1.88 bits per heavy atom. The molecular weight excluding hydrogens is 382 g/mol. The Balaban J connectivity index is 1.80. The molecule has 1 heterocycles. The highest BCUT2D eigenvalue weighted by Crippen LogP contribution is 2.27. The third-order valence-electron chi connectivity index (χ3n) is 3.76. The predicted molar refractivity (Wildman–Crippen MR) is 96.6 cm³/mol. The minimum absolute atomic E-state index is 0.145. The minimum Gasteiger partial charge on any atom is -0.298 e. The molecule has 3 rings (SSSR count). The zero-order chi connectivity index (χ0) is 18.9. The lowest BCUT2D eigenvalue weighted by molar-refractivity contribution is 0.102. The fraction of sp³-hybridized carbons (Fsp3) is 0.176. The second-order valence-corrected chi connectivity index (χ2v) is 8.41. The van der Waals surface area contributed by atoms with Gasteiger partial charge in [0, 0.05) is 5.56 Å². The van der Waals surface area contributed by atoms with E-state index in [1.165, 1.54) is 23.5 Å². The van der Waals surface area contributed by atoms with E-state index in [1.54, 1.807) is 0 Å². The van der Waals surface area contributed by atoms with Crippen molar-refractivity contribution < 1.29 is 22.0 Å². The summed E-state index contributed by atoms with van der Waals surface area (Å²) in [5.41, 5.74) is 2.07. The SMILES string of the molecule is CCc1ccc2nc(NC(=O)c3ccc(S(=O)(=O)C(F)F)cc3)sc2c1. The maximum absolute atomic E-state index is 12.5. The Bertz CT molecular complexity index is 1060. The molecule has 0 saturated carbocycles. The zero-order valence-corrected chi connectivity index (χ0v) is 15.2. The summed E-state index contributed by atoms with van der Waals surface area (Å²) in [6.07, 6.45) is 0.892. The number of fused-ring (bicyclic) bond motifs is 1. The van der Waals surface area contributed by atoms with Gasteiger partial charge >= 0.3 is 5.76 Å². The van der Waals surface area contributed by atoms with Crippen molar-refractivity contribution in [3.05, 3.63) is 53.6 Å². The van der Waals surface area contributed by atoms with Crippen molar-refractivity contribution in [3.8, 4) is 0 Å². The normalized spacial score (nSPS) is 11.8. The van der Waals surface area contributed by atoms with Crippen LogP contribution in [0.4, 0.5) is 13.9 Å². The number of anilines is 1. The molecule has 0 saturated heterocycles. The van der Waals surface area contributed by atoms with Crippen molar-refractivity contribution >= 4 is 42.4 Å². The van der Waals surface area contributed by atoms with Gasteiger partial charge in [-0.2, -0.15) is 8.78 Å². The third-order valence-corrected chi connectivity index (χ3v) is 6.09. The van der Waals surface area contributed by atoms with Crippen LogP contribution in [-0.2, 0) is 16.3 Å². The number of sulfone groups is 1. The van der Waals surface area contributed by atoms with Crippen molar-refractivity contribution in [3.63, 3.8) is 0 Å². The molecule has 0 aliphatic heterocycles. The first kappa shape index (κ1) is 18.4. The van der Waals surface area contributed by atoms with Crippen LogP contribution in [0.25, 0.3) is 10.2 Å². The molecule has 0 radical (unpaired) electrons. The fourth-order valence-corrected chi connectivity index (χ4v) is 3.96. The summed E-state index contributed by atoms with van der Waals surface area (Å²) in [6.45, 7) is 2.04. The lowest BCUT2D eigenvalue weighted by atomic mass is 10.2. The second kappa shape index (κ2) is 7.08. The van der Waals surface area contributed by atoms with Gasteiger partial charge in [0.15, 0.2) is 5.13 Å². The molecule has 2 aromatic carbocycles. The topological polar surface area (TPSA) is 76.1 Å². The van der Waals surface area contributed by atoms with Crippen molar-refractivity contribution in [1.29, 1.82) is 0 Å². The maximum atomic E-state index is 12.5. The van der Waals surface area contributed by atoms with Gasteiger partial charge in [-0.25, -0.2) is 13.4 Å². The lowest BCUT2D eigenvalue weighted by Gasteiger charge is -2.05. The molecule has 1 N–H and O–H groups in total. The molecule has 0 bridgehead atoms. The van der Waals surface area contributed by atoms with E-state index in [0.29, 0.717) is 5.13 Å². The molecule has 3 aromatic rings. The summed E-state index contributed by atoms with van der Waals surface area (Å²) in [5.74, 6) is -4.00. The van der Waals surface area contributed by atoms with Gasteiger partial charge in [0.25, 0.3) is 5.91 Å². The number of aryl methyl sites for hydroxylation is 1. The summed E-state index contributed by atoms with van der Waals surface area (Å²) in [5, 5.41) is 3.04. The molecule has 9 heteroatoms. The van der Waals surface area contributed by atoms with Crippen LogP contribution in [0.15, 0.2) is 47.4 Å². The molecule has 1 aromatic heterocycles. The van der Waals surface area contributed by atoms with Gasteiger partial charge < -0.3 is 0 Å². The molecule has 0 aliphatic carbocycles. The Kier molecular flexibility index (Phi) is 5.01. The summed E-state index contributed by atoms with van der Waals surface area (Å²) in [4.78, 5) is 16.1. The summed E-state index contributed by atoms with van der Waals surface area (Å²) >= 11 is 1.32. The van der Waals surface area contributed by atoms with E-state index in [4.69, 9.17) is 0 Å². The van der Waals surface area contributed by atoms with Gasteiger partial charge in [0.1, 0.15) is 0 Å². The molecule has 0 fully saturated rings. The number of aromatic nitrogens is 1. The Morgan fingerprint density at radius 3 is 2.50 bits per heavy atom. The molecule has 5 nitrogen and oxygen atoms in total. The van der Waals surface area contributed by atoms with Crippen LogP contribution < -0.4 is 5.32 Å². The quantitative estimate of drug-likeness (QED) is 0.704. The first-order chi connectivity index (χ1) is 12.3. The average Bonchev–Trinajstić information content (AvgIpc) is 3.02. The highest BCUT2D eigenvalue weighted by molar-refractivity contribution is 7.91. The van der Waals surface area contributed by atoms with Crippen LogP contribution in [0.2, 0.25) is 0 Å². The number of amides is 1. The smallest absolute Gasteiger partial charge is 0.298 e. The van der Waals surface area contributed by atoms with Gasteiger partial charge in [-0.15, -0.1) is 0 Å². The Hall–Kier alpha value is -2.39. The number of nitrogens with one attached hydrogen (secondary N) is 1. The monoisotopic (exact) mass is 396 g/mol. The minimum atomic E-state index is -4.68. The zero-order valence-electron chi connectivity index (χ0n) is 13.6. The number of hydrogen-bond donors (Lipinski definition) is 1. The average molecular weight is 396 g/mol. The first-order valence-electron chi connectivity index (χ1n) is 7.64. The standard InChI is InChI=1S/C17H14F2N2O3S2/c1-2-10-3-8-13-14(9-10)25-17(20-13)21-15(22)11-4-6-12(7-5-11)26(23,24)16(18)19/h3-9,16H,2H2,1H3,(H,20,21,22). The molecule has 136 valence electrons. The highest BCUT2D eigenvalue weighted by Gasteiger charge is 2.26. The second-order valence-electron chi connectivity index (χ2n) is 5.46. The third kappa shape index (κ3) is 3.58. The molecule has 0 unspecified atom stereocenters. The lowest BCUT2D eigenvalue weighted by Crippen LogP contribution is -2.14. The van der Waals surface area contributed by atoms with E-state index in [1.807, 2.05) is 25.1 Å². The van der Waals surface area contributed by atoms with Crippen LogP contribution in [0.5, 0.6) is 0 Å². The molecule has 1 amide bonds. The summed E-state index contributed by atoms with van der Waals surface area (Å²) < 4.78 is 48.8. The van der Waals surface area contributed by atoms with Crippen molar-refractivity contribution in [2.75, 3.05) is 5.32 Å². The molecule has 0 atom stereocenters.